The summed E-state index contributed by atoms with van der Waals surface area (Å²) in [5.74, 6) is -1.89. The van der Waals surface area contributed by atoms with E-state index in [0.29, 0.717) is 29.4 Å². The maximum absolute atomic E-state index is 13.6. The van der Waals surface area contributed by atoms with Gasteiger partial charge in [0, 0.05) is 58.9 Å². The van der Waals surface area contributed by atoms with E-state index in [9.17, 15) is 13.6 Å². The molecule has 2 heterocycles. The summed E-state index contributed by atoms with van der Waals surface area (Å²) in [6.07, 6.45) is 6.26. The lowest BCUT2D eigenvalue weighted by Gasteiger charge is -2.29. The highest BCUT2D eigenvalue weighted by atomic mass is 32.2. The van der Waals surface area contributed by atoms with Crippen LogP contribution in [0.25, 0.3) is 22.0 Å². The highest BCUT2D eigenvalue weighted by Crippen LogP contribution is 2.44. The molecule has 0 radical (unpaired) electrons. The molecule has 0 saturated heterocycles. The molecule has 2 saturated carbocycles. The number of benzene rings is 1. The molecule has 1 N–H and O–H groups in total. The summed E-state index contributed by atoms with van der Waals surface area (Å²) in [6, 6.07) is 8.02. The minimum absolute atomic E-state index is 0.0840. The van der Waals surface area contributed by atoms with Gasteiger partial charge in [-0.25, -0.2) is 8.78 Å². The van der Waals surface area contributed by atoms with Crippen molar-refractivity contribution in [2.75, 3.05) is 0 Å². The Morgan fingerprint density at radius 3 is 2.63 bits per heavy atom. The van der Waals surface area contributed by atoms with Crippen LogP contribution in [0.2, 0.25) is 0 Å². The Labute approximate surface area is 177 Å². The number of aromatic amines is 1. The van der Waals surface area contributed by atoms with Crippen LogP contribution in [0, 0.1) is 0 Å². The topological polar surface area (TPSA) is 47.0 Å². The minimum atomic E-state index is -2.58. The molecule has 0 aliphatic heterocycles. The van der Waals surface area contributed by atoms with Gasteiger partial charge in [-0.2, -0.15) is 0 Å². The second-order valence-electron chi connectivity index (χ2n) is 8.37. The first-order chi connectivity index (χ1) is 14.4. The lowest BCUT2D eigenvalue weighted by atomic mass is 9.94. The summed E-state index contributed by atoms with van der Waals surface area (Å²) in [4.78, 5) is 16.7. The van der Waals surface area contributed by atoms with Crippen LogP contribution in [-0.4, -0.2) is 26.8 Å². The molecule has 4 nitrogen and oxygen atoms in total. The molecular formula is C23H24F2N2O2S. The van der Waals surface area contributed by atoms with Crippen molar-refractivity contribution in [2.24, 2.45) is 7.05 Å². The lowest BCUT2D eigenvalue weighted by molar-refractivity contribution is -0.0581. The van der Waals surface area contributed by atoms with E-state index in [1.54, 1.807) is 17.8 Å². The minimum Gasteiger partial charge on any atom is -0.490 e. The van der Waals surface area contributed by atoms with E-state index in [0.717, 1.165) is 21.4 Å². The predicted molar refractivity (Wildman–Crippen MR) is 116 cm³/mol. The second kappa shape index (κ2) is 7.45. The smallest absolute Gasteiger partial charge is 0.274 e. The van der Waals surface area contributed by atoms with Gasteiger partial charge in [-0.3, -0.25) is 4.79 Å². The van der Waals surface area contributed by atoms with Crippen molar-refractivity contribution >= 4 is 22.7 Å². The zero-order valence-electron chi connectivity index (χ0n) is 16.8. The monoisotopic (exact) mass is 430 g/mol. The number of nitrogens with one attached hydrogen (secondary N) is 1. The number of ether oxygens (including phenoxy) is 1. The summed E-state index contributed by atoms with van der Waals surface area (Å²) in [5, 5.41) is 1.50. The van der Waals surface area contributed by atoms with Crippen molar-refractivity contribution in [3.63, 3.8) is 0 Å². The maximum atomic E-state index is 13.6. The Hall–Kier alpha value is -2.28. The fourth-order valence-electron chi connectivity index (χ4n) is 4.07. The summed E-state index contributed by atoms with van der Waals surface area (Å²) < 4.78 is 35.0. The van der Waals surface area contributed by atoms with Gasteiger partial charge in [0.2, 0.25) is 5.92 Å². The molecule has 7 heteroatoms. The van der Waals surface area contributed by atoms with Crippen LogP contribution in [0.4, 0.5) is 8.78 Å². The van der Waals surface area contributed by atoms with Crippen molar-refractivity contribution in [3.8, 4) is 16.9 Å². The van der Waals surface area contributed by atoms with Gasteiger partial charge in [-0.05, 0) is 49.9 Å². The van der Waals surface area contributed by atoms with Crippen LogP contribution >= 0.6 is 11.8 Å². The number of hydrogen-bond donors (Lipinski definition) is 1. The molecular weight excluding hydrogens is 406 g/mol. The number of hydrogen-bond acceptors (Lipinski definition) is 3. The molecule has 2 aliphatic carbocycles. The molecule has 158 valence electrons. The third kappa shape index (κ3) is 3.87. The van der Waals surface area contributed by atoms with E-state index in [-0.39, 0.29) is 24.5 Å². The molecule has 2 fully saturated rings. The Morgan fingerprint density at radius 2 is 1.90 bits per heavy atom. The van der Waals surface area contributed by atoms with Gasteiger partial charge >= 0.3 is 0 Å². The molecule has 2 aromatic heterocycles. The number of thioether (sulfide) groups is 1. The van der Waals surface area contributed by atoms with Gasteiger partial charge in [0.1, 0.15) is 11.3 Å². The van der Waals surface area contributed by atoms with Crippen molar-refractivity contribution in [1.82, 2.24) is 9.55 Å². The Bertz CT molecular complexity index is 1140. The van der Waals surface area contributed by atoms with Crippen molar-refractivity contribution in [1.29, 1.82) is 0 Å². The lowest BCUT2D eigenvalue weighted by Crippen LogP contribution is -2.30. The highest BCUT2D eigenvalue weighted by molar-refractivity contribution is 8.00. The van der Waals surface area contributed by atoms with Crippen LogP contribution < -0.4 is 10.3 Å². The number of halogens is 2. The summed E-state index contributed by atoms with van der Waals surface area (Å²) in [6.45, 7) is 0. The second-order valence-corrected chi connectivity index (χ2v) is 9.75. The maximum Gasteiger partial charge on any atom is 0.274 e. The van der Waals surface area contributed by atoms with Gasteiger partial charge < -0.3 is 14.3 Å². The molecule has 0 amide bonds. The first-order valence-electron chi connectivity index (χ1n) is 10.4. The largest absolute Gasteiger partial charge is 0.490 e. The summed E-state index contributed by atoms with van der Waals surface area (Å²) >= 11 is 1.86. The molecule has 0 atom stereocenters. The summed E-state index contributed by atoms with van der Waals surface area (Å²) in [7, 11) is 1.73. The van der Waals surface area contributed by atoms with Crippen molar-refractivity contribution in [3.05, 3.63) is 47.0 Å². The third-order valence-electron chi connectivity index (χ3n) is 5.92. The van der Waals surface area contributed by atoms with Gasteiger partial charge in [-0.15, -0.1) is 11.8 Å². The van der Waals surface area contributed by atoms with Gasteiger partial charge in [-0.1, -0.05) is 0 Å². The molecule has 5 rings (SSSR count). The van der Waals surface area contributed by atoms with Crippen LogP contribution in [0.1, 0.15) is 38.5 Å². The molecule has 1 aromatic carbocycles. The fourth-order valence-corrected chi connectivity index (χ4v) is 5.16. The Kier molecular flexibility index (Phi) is 4.88. The zero-order chi connectivity index (χ0) is 20.9. The number of fused-ring (bicyclic) bond motifs is 1. The number of H-pyrrole nitrogens is 1. The average molecular weight is 431 g/mol. The normalized spacial score (nSPS) is 19.3. The van der Waals surface area contributed by atoms with E-state index < -0.39 is 5.92 Å². The van der Waals surface area contributed by atoms with Gasteiger partial charge in [0.15, 0.2) is 0 Å². The van der Waals surface area contributed by atoms with Crippen molar-refractivity contribution in [2.45, 2.75) is 60.7 Å². The first kappa shape index (κ1) is 19.7. The fraction of sp³-hybridized carbons (Fsp3) is 0.435. The van der Waals surface area contributed by atoms with Crippen LogP contribution in [0.15, 0.2) is 46.3 Å². The van der Waals surface area contributed by atoms with E-state index in [1.165, 1.54) is 12.8 Å². The van der Waals surface area contributed by atoms with E-state index in [4.69, 9.17) is 4.74 Å². The quantitative estimate of drug-likeness (QED) is 0.561. The molecule has 0 unspecified atom stereocenters. The third-order valence-corrected chi connectivity index (χ3v) is 7.25. The number of pyridine rings is 1. The predicted octanol–water partition coefficient (Wildman–Crippen LogP) is 5.74. The van der Waals surface area contributed by atoms with E-state index in [2.05, 4.69) is 17.1 Å². The molecule has 2 aliphatic rings. The number of aromatic nitrogens is 2. The number of aryl methyl sites for hydroxylation is 1. The van der Waals surface area contributed by atoms with Crippen LogP contribution in [-0.2, 0) is 7.05 Å². The number of nitrogens with zero attached hydrogens (tertiary/aromatic N) is 1. The van der Waals surface area contributed by atoms with Gasteiger partial charge in [0.05, 0.1) is 6.10 Å². The highest BCUT2D eigenvalue weighted by Gasteiger charge is 2.36. The SMILES string of the molecule is Cn1cc(-c2cc(SC3CC3)ccc2OC2CCC(F)(F)CC2)c2cc[nH]c2c1=O. The van der Waals surface area contributed by atoms with Crippen molar-refractivity contribution < 1.29 is 13.5 Å². The van der Waals surface area contributed by atoms with Crippen LogP contribution in [0.5, 0.6) is 5.75 Å². The molecule has 3 aromatic rings. The zero-order valence-corrected chi connectivity index (χ0v) is 17.6. The first-order valence-corrected chi connectivity index (χ1v) is 11.3. The Morgan fingerprint density at radius 1 is 1.13 bits per heavy atom. The van der Waals surface area contributed by atoms with E-state index in [1.807, 2.05) is 30.1 Å². The number of alkyl halides is 2. The standard InChI is InChI=1S/C23H24F2N2O2S/c1-27-13-19(17-8-11-26-21(17)22(27)28)18-12-16(30-15-2-3-15)4-5-20(18)29-14-6-9-23(24,25)10-7-14/h4-5,8,11-15,26H,2-3,6-7,9-10H2,1H3. The molecule has 0 bridgehead atoms. The number of rotatable bonds is 5. The van der Waals surface area contributed by atoms with E-state index >= 15 is 0 Å². The summed E-state index contributed by atoms with van der Waals surface area (Å²) in [5.41, 5.74) is 2.28. The van der Waals surface area contributed by atoms with Crippen LogP contribution in [0.3, 0.4) is 0 Å². The average Bonchev–Trinajstić information content (AvgIpc) is 3.39. The molecule has 0 spiro atoms. The molecule has 30 heavy (non-hydrogen) atoms. The van der Waals surface area contributed by atoms with Gasteiger partial charge in [0.25, 0.3) is 5.56 Å². The Balaban J connectivity index is 1.56.